The van der Waals surface area contributed by atoms with Gasteiger partial charge in [0.25, 0.3) is 0 Å². The quantitative estimate of drug-likeness (QED) is 0.828. The molecule has 6 nitrogen and oxygen atoms in total. The average Bonchev–Trinajstić information content (AvgIpc) is 3.14. The van der Waals surface area contributed by atoms with Gasteiger partial charge in [0.1, 0.15) is 16.3 Å². The molecule has 3 aliphatic rings. The molecule has 0 amide bonds. The molecule has 5 rings (SSSR count). The van der Waals surface area contributed by atoms with Gasteiger partial charge in [0.15, 0.2) is 0 Å². The lowest BCUT2D eigenvalue weighted by atomic mass is 9.98. The maximum absolute atomic E-state index is 5.98. The van der Waals surface area contributed by atoms with Gasteiger partial charge < -0.3 is 15.0 Å². The minimum absolute atomic E-state index is 0.0104. The number of nitrogens with zero attached hydrogens (tertiary/aromatic N) is 4. The molecule has 0 saturated carbocycles. The fourth-order valence-electron chi connectivity index (χ4n) is 4.11. The number of aromatic nitrogens is 1. The number of aliphatic imine (C=N–C) groups is 2. The zero-order valence-corrected chi connectivity index (χ0v) is 17.6. The summed E-state index contributed by atoms with van der Waals surface area (Å²) < 4.78 is 5.98. The number of hydrogen-bond donors (Lipinski definition) is 1. The number of guanidine groups is 1. The summed E-state index contributed by atoms with van der Waals surface area (Å²) in [5, 5.41) is 4.51. The molecule has 1 saturated heterocycles. The van der Waals surface area contributed by atoms with Gasteiger partial charge in [-0.05, 0) is 25.5 Å². The Morgan fingerprint density at radius 3 is 2.76 bits per heavy atom. The zero-order valence-electron chi connectivity index (χ0n) is 16.8. The minimum Gasteiger partial charge on any atom is -0.480 e. The average molecular weight is 408 g/mol. The highest BCUT2D eigenvalue weighted by atomic mass is 32.2. The Kier molecular flexibility index (Phi) is 5.01. The maximum Gasteiger partial charge on any atom is 0.224 e. The Balaban J connectivity index is 1.55. The molecule has 0 radical (unpaired) electrons. The van der Waals surface area contributed by atoms with Crippen LogP contribution in [0.5, 0.6) is 0 Å². The molecule has 150 valence electrons. The van der Waals surface area contributed by atoms with E-state index in [2.05, 4.69) is 47.5 Å². The van der Waals surface area contributed by atoms with Crippen LogP contribution in [-0.2, 0) is 4.74 Å². The van der Waals surface area contributed by atoms with Crippen molar-refractivity contribution in [1.82, 2.24) is 15.2 Å². The minimum atomic E-state index is 0.0104. The normalized spacial score (nSPS) is 23.2. The largest absolute Gasteiger partial charge is 0.480 e. The van der Waals surface area contributed by atoms with E-state index in [1.165, 1.54) is 11.1 Å². The Bertz CT molecular complexity index is 969. The second-order valence-corrected chi connectivity index (χ2v) is 8.57. The van der Waals surface area contributed by atoms with E-state index in [9.17, 15) is 0 Å². The number of nitrogens with one attached hydrogen (secondary N) is 1. The summed E-state index contributed by atoms with van der Waals surface area (Å²) >= 11 is 1.73. The highest BCUT2D eigenvalue weighted by molar-refractivity contribution is 8.01. The van der Waals surface area contributed by atoms with Crippen molar-refractivity contribution in [2.75, 3.05) is 32.8 Å². The Hall–Kier alpha value is -2.38. The van der Waals surface area contributed by atoms with E-state index in [-0.39, 0.29) is 11.3 Å². The first-order chi connectivity index (χ1) is 14.2. The number of thioether (sulfide) groups is 1. The SMILES string of the molecule is CCOC1=NC(N2CCNCC2)=NC2c3c(C)cc(-c4ccccc4)nc3SC12. The molecule has 0 spiro atoms. The van der Waals surface area contributed by atoms with Gasteiger partial charge in [-0.3, -0.25) is 0 Å². The summed E-state index contributed by atoms with van der Waals surface area (Å²) in [6.07, 6.45) is 0. The highest BCUT2D eigenvalue weighted by Gasteiger charge is 2.43. The Morgan fingerprint density at radius 2 is 2.00 bits per heavy atom. The predicted molar refractivity (Wildman–Crippen MR) is 118 cm³/mol. The molecular formula is C22H25N5OS. The molecule has 2 atom stereocenters. The van der Waals surface area contributed by atoms with Crippen molar-refractivity contribution in [2.24, 2.45) is 9.98 Å². The summed E-state index contributed by atoms with van der Waals surface area (Å²) in [5.41, 5.74) is 4.60. The van der Waals surface area contributed by atoms with Crippen molar-refractivity contribution in [3.05, 3.63) is 47.5 Å². The van der Waals surface area contributed by atoms with Gasteiger partial charge >= 0.3 is 0 Å². The van der Waals surface area contributed by atoms with Crippen molar-refractivity contribution >= 4 is 23.6 Å². The van der Waals surface area contributed by atoms with Crippen molar-refractivity contribution in [3.8, 4) is 11.3 Å². The van der Waals surface area contributed by atoms with Crippen molar-refractivity contribution in [1.29, 1.82) is 0 Å². The molecule has 3 aliphatic heterocycles. The first-order valence-electron chi connectivity index (χ1n) is 10.2. The van der Waals surface area contributed by atoms with Gasteiger partial charge in [-0.25, -0.2) is 9.98 Å². The molecule has 0 bridgehead atoms. The van der Waals surface area contributed by atoms with E-state index in [4.69, 9.17) is 19.7 Å². The summed E-state index contributed by atoms with van der Waals surface area (Å²) in [7, 11) is 0. The molecule has 2 aromatic rings. The van der Waals surface area contributed by atoms with E-state index in [1.807, 2.05) is 13.0 Å². The van der Waals surface area contributed by atoms with E-state index in [0.29, 0.717) is 6.61 Å². The van der Waals surface area contributed by atoms with Gasteiger partial charge in [-0.2, -0.15) is 4.99 Å². The highest BCUT2D eigenvalue weighted by Crippen LogP contribution is 2.49. The monoisotopic (exact) mass is 407 g/mol. The lowest BCUT2D eigenvalue weighted by Gasteiger charge is -2.32. The molecule has 1 aromatic carbocycles. The number of aryl methyl sites for hydroxylation is 1. The fraction of sp³-hybridized carbons (Fsp3) is 0.409. The number of hydrogen-bond acceptors (Lipinski definition) is 7. The maximum atomic E-state index is 5.98. The number of fused-ring (bicyclic) bond motifs is 3. The lowest BCUT2D eigenvalue weighted by Crippen LogP contribution is -2.47. The van der Waals surface area contributed by atoms with Gasteiger partial charge in [-0.15, -0.1) is 0 Å². The van der Waals surface area contributed by atoms with Gasteiger partial charge in [-0.1, -0.05) is 42.1 Å². The molecule has 1 aromatic heterocycles. The molecule has 4 heterocycles. The third-order valence-electron chi connectivity index (χ3n) is 5.52. The number of benzene rings is 1. The summed E-state index contributed by atoms with van der Waals surface area (Å²) in [6.45, 7) is 8.54. The molecular weight excluding hydrogens is 382 g/mol. The van der Waals surface area contributed by atoms with Crippen molar-refractivity contribution in [3.63, 3.8) is 0 Å². The van der Waals surface area contributed by atoms with Crippen LogP contribution in [0.15, 0.2) is 51.4 Å². The topological polar surface area (TPSA) is 62.1 Å². The van der Waals surface area contributed by atoms with Crippen LogP contribution in [-0.4, -0.2) is 59.8 Å². The first kappa shape index (κ1) is 18.6. The number of piperazine rings is 1. The Morgan fingerprint density at radius 1 is 1.21 bits per heavy atom. The number of pyridine rings is 1. The van der Waals surface area contributed by atoms with E-state index in [1.54, 1.807) is 11.8 Å². The first-order valence-corrected chi connectivity index (χ1v) is 11.1. The summed E-state index contributed by atoms with van der Waals surface area (Å²) in [6, 6.07) is 12.5. The third-order valence-corrected chi connectivity index (χ3v) is 6.77. The lowest BCUT2D eigenvalue weighted by molar-refractivity contribution is 0.309. The van der Waals surface area contributed by atoms with Crippen LogP contribution in [0, 0.1) is 6.92 Å². The molecule has 7 heteroatoms. The third kappa shape index (κ3) is 3.42. The second kappa shape index (κ2) is 7.80. The van der Waals surface area contributed by atoms with E-state index in [0.717, 1.165) is 54.3 Å². The van der Waals surface area contributed by atoms with Crippen LogP contribution in [0.2, 0.25) is 0 Å². The molecule has 1 N–H and O–H groups in total. The van der Waals surface area contributed by atoms with Crippen LogP contribution >= 0.6 is 11.8 Å². The smallest absolute Gasteiger partial charge is 0.224 e. The van der Waals surface area contributed by atoms with E-state index >= 15 is 0 Å². The predicted octanol–water partition coefficient (Wildman–Crippen LogP) is 3.28. The van der Waals surface area contributed by atoms with Crippen molar-refractivity contribution < 1.29 is 4.74 Å². The summed E-state index contributed by atoms with van der Waals surface area (Å²) in [4.78, 5) is 17.2. The van der Waals surface area contributed by atoms with Gasteiger partial charge in [0, 0.05) is 37.3 Å². The van der Waals surface area contributed by atoms with E-state index < -0.39 is 0 Å². The van der Waals surface area contributed by atoms with Crippen molar-refractivity contribution in [2.45, 2.75) is 30.2 Å². The Labute approximate surface area is 175 Å². The van der Waals surface area contributed by atoms with Crippen LogP contribution in [0.25, 0.3) is 11.3 Å². The summed E-state index contributed by atoms with van der Waals surface area (Å²) in [5.74, 6) is 1.58. The molecule has 0 aliphatic carbocycles. The van der Waals surface area contributed by atoms with Gasteiger partial charge in [0.2, 0.25) is 11.9 Å². The van der Waals surface area contributed by atoms with Gasteiger partial charge in [0.05, 0.1) is 12.3 Å². The van der Waals surface area contributed by atoms with Crippen LogP contribution in [0.1, 0.15) is 24.1 Å². The molecule has 2 unspecified atom stereocenters. The van der Waals surface area contributed by atoms with Crippen LogP contribution in [0.4, 0.5) is 0 Å². The van der Waals surface area contributed by atoms with Crippen LogP contribution in [0.3, 0.4) is 0 Å². The molecule has 29 heavy (non-hydrogen) atoms. The number of rotatable bonds is 2. The van der Waals surface area contributed by atoms with Crippen LogP contribution < -0.4 is 5.32 Å². The standard InChI is InChI=1S/C22H25N5OS/c1-3-28-20-19-18(25-22(26-20)27-11-9-23-10-12-27)17-14(2)13-16(24-21(17)29-19)15-7-5-4-6-8-15/h4-8,13,18-19,23H,3,9-12H2,1-2H3. The second-order valence-electron chi connectivity index (χ2n) is 7.44. The zero-order chi connectivity index (χ0) is 19.8. The molecule has 1 fully saturated rings. The fourth-order valence-corrected chi connectivity index (χ4v) is 5.46. The number of ether oxygens (including phenoxy) is 1.